The summed E-state index contributed by atoms with van der Waals surface area (Å²) >= 11 is 5.99. The minimum Gasteiger partial charge on any atom is -0.496 e. The lowest BCUT2D eigenvalue weighted by Gasteiger charge is -2.15. The van der Waals surface area contributed by atoms with E-state index in [2.05, 4.69) is 4.57 Å². The average Bonchev–Trinajstić information content (AvgIpc) is 3.31. The van der Waals surface area contributed by atoms with Crippen molar-refractivity contribution in [1.82, 2.24) is 4.57 Å². The summed E-state index contributed by atoms with van der Waals surface area (Å²) in [5.74, 6) is -0.741. The number of hydrogen-bond acceptors (Lipinski definition) is 6. The normalized spacial score (nSPS) is 16.1. The number of hydrogen-bond donors (Lipinski definition) is 1. The standard InChI is InChI=1S/C21H25ClN2O5/c1-12-7-15(13(2)24(12)10-14-5-4-6-28-14)19(25)11-29-21(26)16-8-17(22)18(23)9-20(16)27-3/h7-9,14H,4-6,10-11,23H2,1-3H3. The molecule has 1 unspecified atom stereocenters. The Kier molecular flexibility index (Phi) is 6.49. The SMILES string of the molecule is COc1cc(N)c(Cl)cc1C(=O)OCC(=O)c1cc(C)n(CC2CCCO2)c1C. The number of aryl methyl sites for hydroxylation is 1. The topological polar surface area (TPSA) is 92.8 Å². The summed E-state index contributed by atoms with van der Waals surface area (Å²) in [5.41, 5.74) is 8.48. The summed E-state index contributed by atoms with van der Waals surface area (Å²) < 4.78 is 18.1. The highest BCUT2D eigenvalue weighted by atomic mass is 35.5. The third-order valence-corrected chi connectivity index (χ3v) is 5.48. The van der Waals surface area contributed by atoms with E-state index >= 15 is 0 Å². The maximum absolute atomic E-state index is 12.7. The fourth-order valence-corrected chi connectivity index (χ4v) is 3.70. The summed E-state index contributed by atoms with van der Waals surface area (Å²) in [6.45, 7) is 4.95. The molecule has 29 heavy (non-hydrogen) atoms. The number of nitrogens with zero attached hydrogens (tertiary/aromatic N) is 1. The molecule has 3 rings (SSSR count). The Morgan fingerprint density at radius 1 is 1.28 bits per heavy atom. The second kappa shape index (κ2) is 8.88. The van der Waals surface area contributed by atoms with Crippen LogP contribution in [0.15, 0.2) is 18.2 Å². The molecule has 0 bridgehead atoms. The Morgan fingerprint density at radius 3 is 2.69 bits per heavy atom. The molecule has 2 heterocycles. The van der Waals surface area contributed by atoms with Crippen molar-refractivity contribution in [1.29, 1.82) is 0 Å². The van der Waals surface area contributed by atoms with E-state index in [-0.39, 0.29) is 40.5 Å². The van der Waals surface area contributed by atoms with Crippen molar-refractivity contribution in [3.8, 4) is 5.75 Å². The van der Waals surface area contributed by atoms with Crippen LogP contribution in [0.5, 0.6) is 5.75 Å². The predicted octanol–water partition coefficient (Wildman–Crippen LogP) is 3.57. The number of methoxy groups -OCH3 is 1. The average molecular weight is 421 g/mol. The molecule has 1 saturated heterocycles. The van der Waals surface area contributed by atoms with Crippen LogP contribution in [0.1, 0.15) is 44.9 Å². The first-order chi connectivity index (χ1) is 13.8. The molecule has 0 amide bonds. The van der Waals surface area contributed by atoms with Crippen LogP contribution in [0.3, 0.4) is 0 Å². The lowest BCUT2D eigenvalue weighted by atomic mass is 10.1. The van der Waals surface area contributed by atoms with Crippen molar-refractivity contribution in [2.45, 2.75) is 39.3 Å². The molecule has 2 N–H and O–H groups in total. The van der Waals surface area contributed by atoms with Crippen molar-refractivity contribution in [2.24, 2.45) is 0 Å². The van der Waals surface area contributed by atoms with Crippen LogP contribution in [-0.4, -0.2) is 42.7 Å². The van der Waals surface area contributed by atoms with Crippen molar-refractivity contribution < 1.29 is 23.8 Å². The number of Topliss-reactive ketones (excluding diaryl/α,β-unsaturated/α-hetero) is 1. The zero-order valence-electron chi connectivity index (χ0n) is 16.8. The third-order valence-electron chi connectivity index (χ3n) is 5.16. The molecule has 1 aromatic carbocycles. The van der Waals surface area contributed by atoms with Gasteiger partial charge in [0.05, 0.1) is 23.9 Å². The van der Waals surface area contributed by atoms with Gasteiger partial charge in [0, 0.05) is 36.2 Å². The van der Waals surface area contributed by atoms with Gasteiger partial charge in [-0.15, -0.1) is 0 Å². The van der Waals surface area contributed by atoms with Crippen LogP contribution >= 0.6 is 11.6 Å². The molecule has 1 aliphatic rings. The largest absolute Gasteiger partial charge is 0.496 e. The van der Waals surface area contributed by atoms with Crippen LogP contribution < -0.4 is 10.5 Å². The van der Waals surface area contributed by atoms with E-state index in [4.69, 9.17) is 31.5 Å². The van der Waals surface area contributed by atoms with Gasteiger partial charge in [-0.2, -0.15) is 0 Å². The molecule has 7 nitrogen and oxygen atoms in total. The maximum Gasteiger partial charge on any atom is 0.342 e. The number of carbonyl (C=O) groups excluding carboxylic acids is 2. The molecular weight excluding hydrogens is 396 g/mol. The number of nitrogen functional groups attached to an aromatic ring is 1. The first-order valence-electron chi connectivity index (χ1n) is 9.43. The van der Waals surface area contributed by atoms with Crippen molar-refractivity contribution in [3.05, 3.63) is 45.7 Å². The van der Waals surface area contributed by atoms with E-state index in [1.165, 1.54) is 19.2 Å². The van der Waals surface area contributed by atoms with Gasteiger partial charge in [0.1, 0.15) is 11.3 Å². The Labute approximate surface area is 174 Å². The molecule has 8 heteroatoms. The van der Waals surface area contributed by atoms with Crippen LogP contribution in [-0.2, 0) is 16.0 Å². The predicted molar refractivity (Wildman–Crippen MR) is 110 cm³/mol. The highest BCUT2D eigenvalue weighted by Gasteiger charge is 2.23. The monoisotopic (exact) mass is 420 g/mol. The van der Waals surface area contributed by atoms with Crippen molar-refractivity contribution >= 4 is 29.0 Å². The van der Waals surface area contributed by atoms with E-state index < -0.39 is 5.97 Å². The number of ether oxygens (including phenoxy) is 3. The molecule has 0 spiro atoms. The highest BCUT2D eigenvalue weighted by molar-refractivity contribution is 6.33. The Morgan fingerprint density at radius 2 is 2.03 bits per heavy atom. The van der Waals surface area contributed by atoms with E-state index in [0.29, 0.717) is 12.1 Å². The zero-order chi connectivity index (χ0) is 21.1. The fourth-order valence-electron chi connectivity index (χ4n) is 3.54. The highest BCUT2D eigenvalue weighted by Crippen LogP contribution is 2.29. The Bertz CT molecular complexity index is 932. The molecule has 1 aromatic heterocycles. The Balaban J connectivity index is 1.69. The van der Waals surface area contributed by atoms with Gasteiger partial charge in [-0.05, 0) is 38.8 Å². The van der Waals surface area contributed by atoms with E-state index in [9.17, 15) is 9.59 Å². The zero-order valence-corrected chi connectivity index (χ0v) is 17.5. The van der Waals surface area contributed by atoms with Crippen LogP contribution in [0, 0.1) is 13.8 Å². The minimum atomic E-state index is -0.703. The van der Waals surface area contributed by atoms with Gasteiger partial charge in [-0.25, -0.2) is 4.79 Å². The number of anilines is 1. The number of halogens is 1. The van der Waals surface area contributed by atoms with E-state index in [1.54, 1.807) is 0 Å². The van der Waals surface area contributed by atoms with Gasteiger partial charge in [-0.3, -0.25) is 4.79 Å². The molecule has 1 atom stereocenters. The third kappa shape index (κ3) is 4.57. The quantitative estimate of drug-likeness (QED) is 0.418. The lowest BCUT2D eigenvalue weighted by Crippen LogP contribution is -2.18. The summed E-state index contributed by atoms with van der Waals surface area (Å²) in [6.07, 6.45) is 2.25. The van der Waals surface area contributed by atoms with Gasteiger partial charge >= 0.3 is 5.97 Å². The first kappa shape index (κ1) is 21.2. The molecular formula is C21H25ClN2O5. The molecule has 1 fully saturated rings. The second-order valence-electron chi connectivity index (χ2n) is 7.10. The molecule has 0 aliphatic carbocycles. The van der Waals surface area contributed by atoms with Gasteiger partial charge in [0.2, 0.25) is 5.78 Å². The number of carbonyl (C=O) groups is 2. The lowest BCUT2D eigenvalue weighted by molar-refractivity contribution is 0.0471. The van der Waals surface area contributed by atoms with E-state index in [0.717, 1.165) is 30.8 Å². The van der Waals surface area contributed by atoms with Gasteiger partial charge < -0.3 is 24.5 Å². The smallest absolute Gasteiger partial charge is 0.342 e. The number of ketones is 1. The van der Waals surface area contributed by atoms with Crippen molar-refractivity contribution in [3.63, 3.8) is 0 Å². The number of esters is 1. The first-order valence-corrected chi connectivity index (χ1v) is 9.81. The molecule has 2 aromatic rings. The fraction of sp³-hybridized carbons (Fsp3) is 0.429. The maximum atomic E-state index is 12.7. The molecule has 1 aliphatic heterocycles. The summed E-state index contributed by atoms with van der Waals surface area (Å²) in [4.78, 5) is 25.1. The number of aromatic nitrogens is 1. The van der Waals surface area contributed by atoms with Crippen LogP contribution in [0.25, 0.3) is 0 Å². The summed E-state index contributed by atoms with van der Waals surface area (Å²) in [5, 5.41) is 0.210. The number of nitrogens with two attached hydrogens (primary N) is 1. The molecule has 0 saturated carbocycles. The van der Waals surface area contributed by atoms with E-state index in [1.807, 2.05) is 19.9 Å². The van der Waals surface area contributed by atoms with Gasteiger partial charge in [0.25, 0.3) is 0 Å². The van der Waals surface area contributed by atoms with Gasteiger partial charge in [0.15, 0.2) is 6.61 Å². The number of rotatable bonds is 7. The number of benzene rings is 1. The second-order valence-corrected chi connectivity index (χ2v) is 7.51. The molecule has 0 radical (unpaired) electrons. The van der Waals surface area contributed by atoms with Crippen LogP contribution in [0.2, 0.25) is 5.02 Å². The summed E-state index contributed by atoms with van der Waals surface area (Å²) in [7, 11) is 1.41. The summed E-state index contributed by atoms with van der Waals surface area (Å²) in [6, 6.07) is 4.64. The van der Waals surface area contributed by atoms with Crippen LogP contribution in [0.4, 0.5) is 5.69 Å². The van der Waals surface area contributed by atoms with Gasteiger partial charge in [-0.1, -0.05) is 11.6 Å². The van der Waals surface area contributed by atoms with Crippen molar-refractivity contribution in [2.75, 3.05) is 26.1 Å². The molecule has 156 valence electrons. The Hall–Kier alpha value is -2.51. The minimum absolute atomic E-state index is 0.114.